The summed E-state index contributed by atoms with van der Waals surface area (Å²) in [4.78, 5) is 9.76. The summed E-state index contributed by atoms with van der Waals surface area (Å²) < 4.78 is 46.2. The normalized spacial score (nSPS) is 24.1. The van der Waals surface area contributed by atoms with Gasteiger partial charge in [-0.3, -0.25) is 14.7 Å². The number of nitrogens with zero attached hydrogens (tertiary/aromatic N) is 2. The third-order valence-corrected chi connectivity index (χ3v) is 5.03. The molecule has 0 unspecified atom stereocenters. The van der Waals surface area contributed by atoms with Crippen molar-refractivity contribution in [2.45, 2.75) is 37.6 Å². The molecule has 4 rings (SSSR count). The van der Waals surface area contributed by atoms with Crippen molar-refractivity contribution in [3.8, 4) is 17.4 Å². The second-order valence-electron chi connectivity index (χ2n) is 6.60. The number of hydrogen-bond acceptors (Lipinski definition) is 5. The summed E-state index contributed by atoms with van der Waals surface area (Å²) in [7, 11) is 0. The highest BCUT2D eigenvalue weighted by Crippen LogP contribution is 2.61. The van der Waals surface area contributed by atoms with Gasteiger partial charge in [0, 0.05) is 6.07 Å². The van der Waals surface area contributed by atoms with Gasteiger partial charge in [-0.25, -0.2) is 0 Å². The van der Waals surface area contributed by atoms with Gasteiger partial charge in [-0.2, -0.15) is 13.2 Å². The Bertz CT molecular complexity index is 952. The second kappa shape index (κ2) is 4.91. The maximum Gasteiger partial charge on any atom is 0.423 e. The van der Waals surface area contributed by atoms with Gasteiger partial charge in [0.15, 0.2) is 0 Å². The average Bonchev–Trinajstić information content (AvgIpc) is 3.15. The molecule has 0 saturated carbocycles. The summed E-state index contributed by atoms with van der Waals surface area (Å²) in [5.74, 6) is -0.850. The third kappa shape index (κ3) is 2.05. The molecule has 1 aromatic heterocycles. The first-order valence-corrected chi connectivity index (χ1v) is 7.75. The van der Waals surface area contributed by atoms with E-state index in [1.807, 2.05) is 0 Å². The van der Waals surface area contributed by atoms with E-state index in [0.29, 0.717) is 36.1 Å². The van der Waals surface area contributed by atoms with Gasteiger partial charge in [0.1, 0.15) is 5.56 Å². The predicted octanol–water partition coefficient (Wildman–Crippen LogP) is 3.90. The van der Waals surface area contributed by atoms with E-state index in [1.165, 1.54) is 0 Å². The molecule has 138 valence electrons. The number of alkyl halides is 3. The number of halogens is 3. The smallest absolute Gasteiger partial charge is 0.423 e. The van der Waals surface area contributed by atoms with E-state index < -0.39 is 45.8 Å². The number of nitro benzene ring substituents is 1. The molecule has 2 atom stereocenters. The molecule has 1 fully saturated rings. The number of aromatic nitrogens is 1. The van der Waals surface area contributed by atoms with Crippen LogP contribution in [0.1, 0.15) is 42.6 Å². The first kappa shape index (κ1) is 16.7. The summed E-state index contributed by atoms with van der Waals surface area (Å²) in [6, 6.07) is 2.29. The third-order valence-electron chi connectivity index (χ3n) is 5.03. The molecule has 0 aliphatic carbocycles. The van der Waals surface area contributed by atoms with Crippen LogP contribution in [0.2, 0.25) is 0 Å². The first-order valence-electron chi connectivity index (χ1n) is 7.75. The number of benzene rings is 1. The van der Waals surface area contributed by atoms with Crippen LogP contribution in [0.15, 0.2) is 18.2 Å². The van der Waals surface area contributed by atoms with Crippen LogP contribution in [-0.2, 0) is 16.5 Å². The topological polar surface area (TPSA) is 97.8 Å². The van der Waals surface area contributed by atoms with E-state index in [-0.39, 0.29) is 5.69 Å². The maximum absolute atomic E-state index is 13.2. The number of nitro groups is 1. The van der Waals surface area contributed by atoms with Gasteiger partial charge in [-0.05, 0) is 31.9 Å². The molecule has 7 nitrogen and oxygen atoms in total. The highest BCUT2D eigenvalue weighted by molar-refractivity contribution is 5.60. The molecule has 1 aromatic carbocycles. The lowest BCUT2D eigenvalue weighted by molar-refractivity contribution is -0.388. The Labute approximate surface area is 144 Å². The first-order chi connectivity index (χ1) is 12.0. The van der Waals surface area contributed by atoms with Crippen LogP contribution < -0.4 is 0 Å². The fraction of sp³-hybridized carbons (Fsp3) is 0.375. The average molecular weight is 370 g/mol. The Balaban J connectivity index is 1.94. The van der Waals surface area contributed by atoms with Crippen molar-refractivity contribution in [2.24, 2.45) is 0 Å². The lowest BCUT2D eigenvalue weighted by Gasteiger charge is -2.20. The van der Waals surface area contributed by atoms with Crippen LogP contribution in [0.25, 0.3) is 5.69 Å². The molecule has 2 aliphatic rings. The number of hydrogen-bond donors (Lipinski definition) is 2. The largest absolute Gasteiger partial charge is 0.494 e. The van der Waals surface area contributed by atoms with Gasteiger partial charge in [0.2, 0.25) is 11.8 Å². The van der Waals surface area contributed by atoms with Gasteiger partial charge < -0.3 is 14.9 Å². The molecule has 10 heteroatoms. The molecule has 0 amide bonds. The summed E-state index contributed by atoms with van der Waals surface area (Å²) in [6.45, 7) is 1.74. The molecule has 2 aliphatic heterocycles. The lowest BCUT2D eigenvalue weighted by atomic mass is 9.86. The highest BCUT2D eigenvalue weighted by Gasteiger charge is 2.53. The van der Waals surface area contributed by atoms with Gasteiger partial charge in [-0.15, -0.1) is 0 Å². The zero-order chi connectivity index (χ0) is 19.0. The number of fused-ring (bicyclic) bond motifs is 5. The number of aromatic hydroxyl groups is 2. The van der Waals surface area contributed by atoms with Crippen molar-refractivity contribution in [3.63, 3.8) is 0 Å². The highest BCUT2D eigenvalue weighted by atomic mass is 19.4. The molecule has 1 saturated heterocycles. The van der Waals surface area contributed by atoms with E-state index in [1.54, 1.807) is 6.92 Å². The van der Waals surface area contributed by atoms with Gasteiger partial charge in [0.05, 0.1) is 33.4 Å². The van der Waals surface area contributed by atoms with Crippen LogP contribution in [0.3, 0.4) is 0 Å². The Hall–Kier alpha value is -2.75. The van der Waals surface area contributed by atoms with E-state index >= 15 is 0 Å². The molecule has 2 bridgehead atoms. The fourth-order valence-corrected chi connectivity index (χ4v) is 3.91. The van der Waals surface area contributed by atoms with Crippen molar-refractivity contribution >= 4 is 5.69 Å². The summed E-state index contributed by atoms with van der Waals surface area (Å²) >= 11 is 0. The Kier molecular flexibility index (Phi) is 3.15. The van der Waals surface area contributed by atoms with E-state index in [2.05, 4.69) is 0 Å². The number of ether oxygens (including phenoxy) is 1. The van der Waals surface area contributed by atoms with Crippen LogP contribution in [0.5, 0.6) is 11.8 Å². The van der Waals surface area contributed by atoms with E-state index in [9.17, 15) is 33.5 Å². The molecule has 3 heterocycles. The van der Waals surface area contributed by atoms with Gasteiger partial charge >= 0.3 is 6.18 Å². The SMILES string of the molecule is C[C@@]12CC[C@@H](O1)c1c2c(O)n(-c2ccc([N+](=O)[O-])c(C(F)(F)F)c2)c1O. The summed E-state index contributed by atoms with van der Waals surface area (Å²) in [5.41, 5.74) is -2.91. The quantitative estimate of drug-likeness (QED) is 0.617. The lowest BCUT2D eigenvalue weighted by Crippen LogP contribution is -2.16. The number of rotatable bonds is 2. The second-order valence-corrected chi connectivity index (χ2v) is 6.60. The minimum atomic E-state index is -4.96. The molecule has 2 N–H and O–H groups in total. The summed E-state index contributed by atoms with van der Waals surface area (Å²) in [5, 5.41) is 31.9. The van der Waals surface area contributed by atoms with Crippen molar-refractivity contribution in [2.75, 3.05) is 0 Å². The van der Waals surface area contributed by atoms with Crippen molar-refractivity contribution in [1.29, 1.82) is 0 Å². The Morgan fingerprint density at radius 1 is 1.35 bits per heavy atom. The molecular formula is C16H13F3N2O5. The van der Waals surface area contributed by atoms with Gasteiger partial charge in [0.25, 0.3) is 5.69 Å². The monoisotopic (exact) mass is 370 g/mol. The molecule has 2 aromatic rings. The Morgan fingerprint density at radius 2 is 2.04 bits per heavy atom. The molecular weight excluding hydrogens is 357 g/mol. The van der Waals surface area contributed by atoms with E-state index in [0.717, 1.165) is 10.6 Å². The van der Waals surface area contributed by atoms with Crippen molar-refractivity contribution in [3.05, 3.63) is 45.0 Å². The van der Waals surface area contributed by atoms with E-state index in [4.69, 9.17) is 4.74 Å². The maximum atomic E-state index is 13.2. The summed E-state index contributed by atoms with van der Waals surface area (Å²) in [6.07, 6.45) is -4.18. The van der Waals surface area contributed by atoms with Crippen LogP contribution >= 0.6 is 0 Å². The molecule has 0 radical (unpaired) electrons. The Morgan fingerprint density at radius 3 is 2.62 bits per heavy atom. The molecule has 26 heavy (non-hydrogen) atoms. The van der Waals surface area contributed by atoms with Gasteiger partial charge in [-0.1, -0.05) is 0 Å². The van der Waals surface area contributed by atoms with Crippen molar-refractivity contribution in [1.82, 2.24) is 4.57 Å². The predicted molar refractivity (Wildman–Crippen MR) is 81.2 cm³/mol. The zero-order valence-corrected chi connectivity index (χ0v) is 13.4. The van der Waals surface area contributed by atoms with Crippen LogP contribution in [0, 0.1) is 10.1 Å². The van der Waals surface area contributed by atoms with Crippen LogP contribution in [-0.4, -0.2) is 19.7 Å². The van der Waals surface area contributed by atoms with Crippen LogP contribution in [0.4, 0.5) is 18.9 Å². The minimum Gasteiger partial charge on any atom is -0.494 e. The van der Waals surface area contributed by atoms with Crippen molar-refractivity contribution < 1.29 is 33.0 Å². The standard InChI is InChI=1S/C16H13F3N2O5/c1-15-5-4-10(26-15)11-12(15)14(23)20(13(11)22)7-2-3-9(21(24)25)8(6-7)16(17,18)19/h2-3,6,10,22-23H,4-5H2,1H3/t10-,15+/m1/s1. The fourth-order valence-electron chi connectivity index (χ4n) is 3.91. The minimum absolute atomic E-state index is 0.227. The molecule has 0 spiro atoms. The zero-order valence-electron chi connectivity index (χ0n) is 13.4.